The predicted octanol–water partition coefficient (Wildman–Crippen LogP) is 0.513. The average molecular weight is 366 g/mol. The molecule has 1 aromatic rings. The van der Waals surface area contributed by atoms with Gasteiger partial charge >= 0.3 is 5.97 Å². The van der Waals surface area contributed by atoms with Crippen molar-refractivity contribution in [3.63, 3.8) is 0 Å². The Morgan fingerprint density at radius 1 is 1.08 bits per heavy atom. The van der Waals surface area contributed by atoms with Crippen LogP contribution >= 0.6 is 0 Å². The maximum atomic E-state index is 12.7. The highest BCUT2D eigenvalue weighted by molar-refractivity contribution is 7.90. The molecule has 0 saturated heterocycles. The highest BCUT2D eigenvalue weighted by Gasteiger charge is 2.50. The Balaban J connectivity index is 2.62. The van der Waals surface area contributed by atoms with Gasteiger partial charge in [0.15, 0.2) is 5.57 Å². The topological polar surface area (TPSA) is 101 Å². The number of nitrogens with zero attached hydrogens (tertiary/aromatic N) is 2. The zero-order valence-corrected chi connectivity index (χ0v) is 14.9. The van der Waals surface area contributed by atoms with Gasteiger partial charge in [0, 0.05) is 13.1 Å². The number of esters is 1. The fraction of sp³-hybridized carbons (Fsp3) is 0.312. The number of carbonyl (C=O) groups is 3. The lowest BCUT2D eigenvalue weighted by Crippen LogP contribution is -2.39. The zero-order valence-electron chi connectivity index (χ0n) is 14.1. The summed E-state index contributed by atoms with van der Waals surface area (Å²) >= 11 is 0. The molecule has 0 aromatic heterocycles. The number of methoxy groups -OCH3 is 1. The van der Waals surface area contributed by atoms with Crippen LogP contribution in [0.5, 0.6) is 0 Å². The van der Waals surface area contributed by atoms with E-state index in [1.807, 2.05) is 0 Å². The van der Waals surface area contributed by atoms with Gasteiger partial charge in [0.05, 0.1) is 12.0 Å². The first-order chi connectivity index (χ1) is 11.8. The van der Waals surface area contributed by atoms with Crippen molar-refractivity contribution in [1.82, 2.24) is 9.21 Å². The summed E-state index contributed by atoms with van der Waals surface area (Å²) < 4.78 is 30.2. The Morgan fingerprint density at radius 3 is 2.12 bits per heavy atom. The van der Waals surface area contributed by atoms with Crippen LogP contribution in [0.4, 0.5) is 0 Å². The number of rotatable bonds is 6. The van der Waals surface area contributed by atoms with E-state index in [1.54, 1.807) is 19.9 Å². The zero-order chi connectivity index (χ0) is 18.8. The third kappa shape index (κ3) is 3.02. The summed E-state index contributed by atoms with van der Waals surface area (Å²) in [7, 11) is -3.38. The molecule has 1 aromatic carbocycles. The Labute approximate surface area is 145 Å². The second-order valence-electron chi connectivity index (χ2n) is 5.08. The van der Waals surface area contributed by atoms with E-state index >= 15 is 0 Å². The summed E-state index contributed by atoms with van der Waals surface area (Å²) in [5.74, 6) is -3.31. The van der Waals surface area contributed by atoms with Crippen molar-refractivity contribution >= 4 is 27.8 Å². The summed E-state index contributed by atoms with van der Waals surface area (Å²) in [6, 6.07) is 7.08. The number of sulfonamides is 1. The largest absolute Gasteiger partial charge is 0.465 e. The van der Waals surface area contributed by atoms with Crippen LogP contribution in [0.25, 0.3) is 0 Å². The fourth-order valence-corrected chi connectivity index (χ4v) is 3.86. The maximum Gasteiger partial charge on any atom is 0.345 e. The lowest BCUT2D eigenvalue weighted by Gasteiger charge is -2.22. The number of imide groups is 1. The first-order valence-corrected chi connectivity index (χ1v) is 9.01. The molecule has 0 spiro atoms. The molecule has 0 N–H and O–H groups in total. The number of benzene rings is 1. The van der Waals surface area contributed by atoms with Crippen molar-refractivity contribution in [3.05, 3.63) is 41.6 Å². The maximum absolute atomic E-state index is 12.7. The highest BCUT2D eigenvalue weighted by Crippen LogP contribution is 2.30. The Kier molecular flexibility index (Phi) is 5.27. The van der Waals surface area contributed by atoms with E-state index in [1.165, 1.54) is 29.2 Å². The van der Waals surface area contributed by atoms with Crippen molar-refractivity contribution in [1.29, 1.82) is 0 Å². The van der Waals surface area contributed by atoms with Crippen molar-refractivity contribution in [3.8, 4) is 0 Å². The molecule has 1 heterocycles. The minimum atomic E-state index is -4.44. The van der Waals surface area contributed by atoms with Crippen LogP contribution < -0.4 is 0 Å². The summed E-state index contributed by atoms with van der Waals surface area (Å²) in [5.41, 5.74) is -0.836. The monoisotopic (exact) mass is 366 g/mol. The molecule has 25 heavy (non-hydrogen) atoms. The van der Waals surface area contributed by atoms with Crippen LogP contribution in [-0.2, 0) is 29.1 Å². The van der Waals surface area contributed by atoms with Gasteiger partial charge < -0.3 is 9.64 Å². The summed E-state index contributed by atoms with van der Waals surface area (Å²) in [6.45, 7) is 4.06. The fourth-order valence-electron chi connectivity index (χ4n) is 2.53. The lowest BCUT2D eigenvalue weighted by atomic mass is 10.2. The lowest BCUT2D eigenvalue weighted by molar-refractivity contribution is -0.138. The minimum Gasteiger partial charge on any atom is -0.465 e. The third-order valence-corrected chi connectivity index (χ3v) is 5.45. The molecule has 9 heteroatoms. The number of carbonyl (C=O) groups excluding carboxylic acids is 3. The highest BCUT2D eigenvalue weighted by atomic mass is 32.2. The van der Waals surface area contributed by atoms with E-state index in [0.717, 1.165) is 7.11 Å². The molecule has 0 radical (unpaired) electrons. The number of likely N-dealkylation sites (N-methyl/N-ethyl adjacent to an activating group) is 1. The van der Waals surface area contributed by atoms with Crippen LogP contribution in [-0.4, -0.2) is 55.6 Å². The average Bonchev–Trinajstić information content (AvgIpc) is 2.87. The van der Waals surface area contributed by atoms with E-state index in [4.69, 9.17) is 0 Å². The Bertz CT molecular complexity index is 841. The standard InChI is InChI=1S/C16H18N2O6S/c1-4-17(5-2)13-12(16(21)24-3)14(19)18(15(13)20)25(22,23)11-9-7-6-8-10-11/h6-10H,4-5H2,1-3H3. The van der Waals surface area contributed by atoms with Gasteiger partial charge in [0.1, 0.15) is 5.70 Å². The molecule has 2 rings (SSSR count). The number of hydrogen-bond donors (Lipinski definition) is 0. The molecule has 0 bridgehead atoms. The first kappa shape index (κ1) is 18.7. The molecule has 8 nitrogen and oxygen atoms in total. The number of amides is 2. The van der Waals surface area contributed by atoms with Gasteiger partial charge in [-0.15, -0.1) is 0 Å². The molecule has 134 valence electrons. The van der Waals surface area contributed by atoms with Gasteiger partial charge in [0.2, 0.25) is 0 Å². The smallest absolute Gasteiger partial charge is 0.345 e. The van der Waals surface area contributed by atoms with Gasteiger partial charge in [0.25, 0.3) is 21.8 Å². The summed E-state index contributed by atoms with van der Waals surface area (Å²) in [5, 5.41) is 0. The van der Waals surface area contributed by atoms with Crippen molar-refractivity contribution in [2.75, 3.05) is 20.2 Å². The third-order valence-electron chi connectivity index (χ3n) is 3.77. The van der Waals surface area contributed by atoms with E-state index in [-0.39, 0.29) is 14.9 Å². The first-order valence-electron chi connectivity index (χ1n) is 7.57. The van der Waals surface area contributed by atoms with Gasteiger partial charge in [-0.1, -0.05) is 18.2 Å². The second kappa shape index (κ2) is 7.06. The molecule has 2 amide bonds. The van der Waals surface area contributed by atoms with E-state index in [2.05, 4.69) is 4.74 Å². The second-order valence-corrected chi connectivity index (χ2v) is 6.87. The van der Waals surface area contributed by atoms with Crippen LogP contribution in [0, 0.1) is 0 Å². The normalized spacial score (nSPS) is 14.9. The van der Waals surface area contributed by atoms with Gasteiger partial charge in [-0.25, -0.2) is 13.2 Å². The number of hydrogen-bond acceptors (Lipinski definition) is 7. The molecule has 0 atom stereocenters. The Morgan fingerprint density at radius 2 is 1.64 bits per heavy atom. The van der Waals surface area contributed by atoms with E-state index < -0.39 is 33.4 Å². The molecule has 0 aliphatic carbocycles. The number of ether oxygens (including phenoxy) is 1. The summed E-state index contributed by atoms with van der Waals surface area (Å²) in [6.07, 6.45) is 0. The predicted molar refractivity (Wildman–Crippen MR) is 87.4 cm³/mol. The van der Waals surface area contributed by atoms with E-state index in [0.29, 0.717) is 13.1 Å². The van der Waals surface area contributed by atoms with Crippen molar-refractivity contribution in [2.24, 2.45) is 0 Å². The Hall–Kier alpha value is -2.68. The van der Waals surface area contributed by atoms with Gasteiger partial charge in [-0.05, 0) is 26.0 Å². The van der Waals surface area contributed by atoms with Crippen LogP contribution in [0.2, 0.25) is 0 Å². The molecule has 1 aliphatic heterocycles. The molecule has 0 fully saturated rings. The molecular weight excluding hydrogens is 348 g/mol. The summed E-state index contributed by atoms with van der Waals surface area (Å²) in [4.78, 5) is 38.6. The van der Waals surface area contributed by atoms with Gasteiger partial charge in [-0.3, -0.25) is 9.59 Å². The molecule has 0 unspecified atom stereocenters. The van der Waals surface area contributed by atoms with Crippen molar-refractivity contribution < 1.29 is 27.5 Å². The minimum absolute atomic E-state index is 0.127. The molecule has 1 aliphatic rings. The van der Waals surface area contributed by atoms with Gasteiger partial charge in [-0.2, -0.15) is 4.31 Å². The van der Waals surface area contributed by atoms with Crippen molar-refractivity contribution in [2.45, 2.75) is 18.7 Å². The quantitative estimate of drug-likeness (QED) is 0.411. The molecule has 0 saturated carbocycles. The molecular formula is C16H18N2O6S. The van der Waals surface area contributed by atoms with Crippen LogP contribution in [0.3, 0.4) is 0 Å². The van der Waals surface area contributed by atoms with Crippen LogP contribution in [0.15, 0.2) is 46.5 Å². The van der Waals surface area contributed by atoms with Crippen LogP contribution in [0.1, 0.15) is 13.8 Å². The SMILES string of the molecule is CCN(CC)C1=C(C(=O)OC)C(=O)N(S(=O)(=O)c2ccccc2)C1=O. The van der Waals surface area contributed by atoms with E-state index in [9.17, 15) is 22.8 Å².